The number of aryl methyl sites for hydroxylation is 1. The summed E-state index contributed by atoms with van der Waals surface area (Å²) >= 11 is 0. The minimum absolute atomic E-state index is 0.222. The normalized spacial score (nSPS) is 18.2. The molecule has 0 radical (unpaired) electrons. The molecule has 0 spiro atoms. The molecule has 2 heterocycles. The van der Waals surface area contributed by atoms with Gasteiger partial charge in [-0.05, 0) is 62.9 Å². The summed E-state index contributed by atoms with van der Waals surface area (Å²) in [6.45, 7) is 7.65. The highest BCUT2D eigenvalue weighted by atomic mass is 19.1. The first-order valence-corrected chi connectivity index (χ1v) is 10.4. The van der Waals surface area contributed by atoms with Gasteiger partial charge in [0.1, 0.15) is 11.6 Å². The lowest BCUT2D eigenvalue weighted by atomic mass is 10.1. The summed E-state index contributed by atoms with van der Waals surface area (Å²) in [5, 5.41) is 0. The van der Waals surface area contributed by atoms with Crippen molar-refractivity contribution in [2.75, 3.05) is 37.6 Å². The maximum atomic E-state index is 13.3. The Hall–Kier alpha value is -2.01. The molecule has 144 valence electrons. The predicted octanol–water partition coefficient (Wildman–Crippen LogP) is 4.08. The van der Waals surface area contributed by atoms with Crippen LogP contribution in [0.5, 0.6) is 0 Å². The van der Waals surface area contributed by atoms with Crippen molar-refractivity contribution in [3.05, 3.63) is 41.3 Å². The lowest BCUT2D eigenvalue weighted by Crippen LogP contribution is -2.47. The van der Waals surface area contributed by atoms with Crippen LogP contribution in [0.4, 0.5) is 10.2 Å². The monoisotopic (exact) mass is 368 g/mol. The fourth-order valence-electron chi connectivity index (χ4n) is 4.24. The van der Waals surface area contributed by atoms with E-state index >= 15 is 0 Å². The Balaban J connectivity index is 1.68. The Morgan fingerprint density at radius 3 is 2.41 bits per heavy atom. The number of halogens is 1. The minimum atomic E-state index is -0.222. The third-order valence-electron chi connectivity index (χ3n) is 5.73. The smallest absolute Gasteiger partial charge is 0.161 e. The fraction of sp³-hybridized carbons (Fsp3) is 0.545. The van der Waals surface area contributed by atoms with Gasteiger partial charge in [0.2, 0.25) is 0 Å². The molecular weight excluding hydrogens is 339 g/mol. The van der Waals surface area contributed by atoms with Crippen LogP contribution in [0, 0.1) is 5.82 Å². The van der Waals surface area contributed by atoms with E-state index in [0.717, 1.165) is 56.2 Å². The summed E-state index contributed by atoms with van der Waals surface area (Å²) in [5.41, 5.74) is 3.45. The molecule has 1 aromatic carbocycles. The minimum Gasteiger partial charge on any atom is -0.354 e. The van der Waals surface area contributed by atoms with Gasteiger partial charge in [0.25, 0.3) is 0 Å². The quantitative estimate of drug-likeness (QED) is 0.761. The van der Waals surface area contributed by atoms with Crippen molar-refractivity contribution < 1.29 is 4.39 Å². The van der Waals surface area contributed by atoms with E-state index in [2.05, 4.69) is 16.7 Å². The molecule has 27 heavy (non-hydrogen) atoms. The van der Waals surface area contributed by atoms with Crippen molar-refractivity contribution >= 4 is 5.82 Å². The van der Waals surface area contributed by atoms with Crippen LogP contribution in [0.2, 0.25) is 0 Å². The second-order valence-electron chi connectivity index (χ2n) is 7.69. The molecule has 0 bridgehead atoms. The molecule has 0 amide bonds. The Labute approximate surface area is 161 Å². The third-order valence-corrected chi connectivity index (χ3v) is 5.73. The van der Waals surface area contributed by atoms with Crippen molar-refractivity contribution in [3.8, 4) is 11.4 Å². The maximum Gasteiger partial charge on any atom is 0.161 e. The Morgan fingerprint density at radius 2 is 1.67 bits per heavy atom. The number of aromatic nitrogens is 2. The Bertz CT molecular complexity index is 767. The van der Waals surface area contributed by atoms with Gasteiger partial charge in [0.15, 0.2) is 5.82 Å². The Morgan fingerprint density at radius 1 is 0.926 bits per heavy atom. The van der Waals surface area contributed by atoms with Crippen molar-refractivity contribution in [2.45, 2.75) is 45.4 Å². The van der Waals surface area contributed by atoms with Crippen LogP contribution < -0.4 is 4.90 Å². The van der Waals surface area contributed by atoms with Crippen LogP contribution in [-0.2, 0) is 12.8 Å². The zero-order valence-corrected chi connectivity index (χ0v) is 16.3. The number of benzene rings is 1. The SMILES string of the molecule is CCCN1CCN(c2nc(-c3ccc(F)cc3)nc3c2CCCCC3)CC1. The van der Waals surface area contributed by atoms with Crippen molar-refractivity contribution in [1.82, 2.24) is 14.9 Å². The van der Waals surface area contributed by atoms with E-state index < -0.39 is 0 Å². The average molecular weight is 369 g/mol. The van der Waals surface area contributed by atoms with Gasteiger partial charge < -0.3 is 4.90 Å². The molecular formula is C22H29FN4. The number of hydrogen-bond acceptors (Lipinski definition) is 4. The number of piperazine rings is 1. The van der Waals surface area contributed by atoms with Gasteiger partial charge in [-0.25, -0.2) is 14.4 Å². The van der Waals surface area contributed by atoms with Crippen LogP contribution in [0.25, 0.3) is 11.4 Å². The van der Waals surface area contributed by atoms with Gasteiger partial charge in [0.05, 0.1) is 0 Å². The van der Waals surface area contributed by atoms with E-state index in [-0.39, 0.29) is 5.82 Å². The number of fused-ring (bicyclic) bond motifs is 1. The highest BCUT2D eigenvalue weighted by Crippen LogP contribution is 2.30. The molecule has 4 rings (SSSR count). The van der Waals surface area contributed by atoms with E-state index in [0.29, 0.717) is 0 Å². The number of hydrogen-bond donors (Lipinski definition) is 0. The molecule has 4 nitrogen and oxygen atoms in total. The molecule has 0 atom stereocenters. The highest BCUT2D eigenvalue weighted by molar-refractivity contribution is 5.61. The molecule has 5 heteroatoms. The summed E-state index contributed by atoms with van der Waals surface area (Å²) in [5.74, 6) is 1.64. The van der Waals surface area contributed by atoms with Gasteiger partial charge >= 0.3 is 0 Å². The van der Waals surface area contributed by atoms with Crippen molar-refractivity contribution in [2.24, 2.45) is 0 Å². The highest BCUT2D eigenvalue weighted by Gasteiger charge is 2.24. The first kappa shape index (κ1) is 18.4. The standard InChI is InChI=1S/C22H29FN4/c1-2-12-26-13-15-27(16-14-26)22-19-6-4-3-5-7-20(19)24-21(25-22)17-8-10-18(23)11-9-17/h8-11H,2-7,12-16H2,1H3. The molecule has 1 fully saturated rings. The molecule has 0 N–H and O–H groups in total. The zero-order valence-electron chi connectivity index (χ0n) is 16.3. The van der Waals surface area contributed by atoms with Gasteiger partial charge in [-0.1, -0.05) is 13.3 Å². The number of nitrogens with zero attached hydrogens (tertiary/aromatic N) is 4. The van der Waals surface area contributed by atoms with E-state index in [4.69, 9.17) is 9.97 Å². The number of anilines is 1. The van der Waals surface area contributed by atoms with E-state index in [1.165, 1.54) is 55.6 Å². The topological polar surface area (TPSA) is 32.3 Å². The molecule has 1 saturated heterocycles. The van der Waals surface area contributed by atoms with Crippen molar-refractivity contribution in [3.63, 3.8) is 0 Å². The number of rotatable bonds is 4. The zero-order chi connectivity index (χ0) is 18.6. The molecule has 1 aromatic heterocycles. The molecule has 0 unspecified atom stereocenters. The van der Waals surface area contributed by atoms with E-state index in [9.17, 15) is 4.39 Å². The average Bonchev–Trinajstić information content (AvgIpc) is 2.94. The van der Waals surface area contributed by atoms with Crippen LogP contribution in [0.1, 0.15) is 43.9 Å². The predicted molar refractivity (Wildman–Crippen MR) is 108 cm³/mol. The summed E-state index contributed by atoms with van der Waals surface area (Å²) in [4.78, 5) is 14.9. The van der Waals surface area contributed by atoms with Gasteiger partial charge in [-0.2, -0.15) is 0 Å². The van der Waals surface area contributed by atoms with E-state index in [1.54, 1.807) is 12.1 Å². The van der Waals surface area contributed by atoms with Crippen LogP contribution in [0.3, 0.4) is 0 Å². The lowest BCUT2D eigenvalue weighted by Gasteiger charge is -2.36. The molecule has 0 saturated carbocycles. The molecule has 2 aliphatic rings. The second-order valence-corrected chi connectivity index (χ2v) is 7.69. The van der Waals surface area contributed by atoms with Crippen molar-refractivity contribution in [1.29, 1.82) is 0 Å². The van der Waals surface area contributed by atoms with Crippen LogP contribution in [-0.4, -0.2) is 47.6 Å². The maximum absolute atomic E-state index is 13.3. The Kier molecular flexibility index (Phi) is 5.67. The largest absolute Gasteiger partial charge is 0.354 e. The summed E-state index contributed by atoms with van der Waals surface area (Å²) < 4.78 is 13.3. The fourth-order valence-corrected chi connectivity index (χ4v) is 4.24. The summed E-state index contributed by atoms with van der Waals surface area (Å²) in [6, 6.07) is 6.56. The van der Waals surface area contributed by atoms with Gasteiger partial charge in [-0.15, -0.1) is 0 Å². The first-order chi connectivity index (χ1) is 13.2. The van der Waals surface area contributed by atoms with Crippen LogP contribution >= 0.6 is 0 Å². The van der Waals surface area contributed by atoms with Gasteiger partial charge in [0, 0.05) is 43.0 Å². The third kappa shape index (κ3) is 4.13. The summed E-state index contributed by atoms with van der Waals surface area (Å²) in [7, 11) is 0. The second kappa shape index (κ2) is 8.34. The molecule has 2 aromatic rings. The van der Waals surface area contributed by atoms with Gasteiger partial charge in [-0.3, -0.25) is 4.90 Å². The summed E-state index contributed by atoms with van der Waals surface area (Å²) in [6.07, 6.45) is 6.97. The molecule has 1 aliphatic carbocycles. The van der Waals surface area contributed by atoms with Crippen LogP contribution in [0.15, 0.2) is 24.3 Å². The molecule has 1 aliphatic heterocycles. The lowest BCUT2D eigenvalue weighted by molar-refractivity contribution is 0.258. The van der Waals surface area contributed by atoms with E-state index in [1.807, 2.05) is 0 Å². The first-order valence-electron chi connectivity index (χ1n) is 10.4.